The van der Waals surface area contributed by atoms with Gasteiger partial charge < -0.3 is 10.5 Å². The number of carbonyl (C=O) groups is 2. The molecule has 1 aromatic carbocycles. The molecule has 19 heavy (non-hydrogen) atoms. The monoisotopic (exact) mass is 262 g/mol. The molecule has 1 fully saturated rings. The largest absolute Gasteiger partial charge is 0.377 e. The number of nitrogens with one attached hydrogen (secondary N) is 1. The maximum Gasteiger partial charge on any atom is 0.230 e. The van der Waals surface area contributed by atoms with Gasteiger partial charge >= 0.3 is 0 Å². The molecule has 2 rings (SSSR count). The Hall–Kier alpha value is -1.72. The molecule has 5 heteroatoms. The first kappa shape index (κ1) is 13.7. The van der Waals surface area contributed by atoms with E-state index in [1.807, 2.05) is 31.2 Å². The van der Waals surface area contributed by atoms with E-state index in [9.17, 15) is 9.59 Å². The lowest BCUT2D eigenvalue weighted by molar-refractivity contribution is -0.134. The van der Waals surface area contributed by atoms with E-state index in [0.717, 1.165) is 11.1 Å². The minimum absolute atomic E-state index is 0.118. The Balaban J connectivity index is 1.80. The van der Waals surface area contributed by atoms with Crippen LogP contribution in [-0.2, 0) is 20.7 Å². The fourth-order valence-electron chi connectivity index (χ4n) is 1.92. The zero-order valence-electron chi connectivity index (χ0n) is 10.9. The molecule has 0 atom stereocenters. The van der Waals surface area contributed by atoms with Crippen molar-refractivity contribution in [2.24, 2.45) is 5.73 Å². The minimum atomic E-state index is -0.603. The number of rotatable bonds is 4. The van der Waals surface area contributed by atoms with Crippen LogP contribution in [0.2, 0.25) is 0 Å². The van der Waals surface area contributed by atoms with Crippen LogP contribution in [0.15, 0.2) is 24.3 Å². The van der Waals surface area contributed by atoms with Crippen LogP contribution in [0.25, 0.3) is 0 Å². The first-order chi connectivity index (χ1) is 8.97. The van der Waals surface area contributed by atoms with Crippen molar-refractivity contribution in [2.45, 2.75) is 25.3 Å². The molecule has 0 spiro atoms. The Morgan fingerprint density at radius 1 is 1.26 bits per heavy atom. The Morgan fingerprint density at radius 3 is 2.42 bits per heavy atom. The molecule has 2 amide bonds. The molecular formula is C14H18N2O3. The summed E-state index contributed by atoms with van der Waals surface area (Å²) in [5.74, 6) is -0.652. The second-order valence-electron chi connectivity index (χ2n) is 5.17. The minimum Gasteiger partial charge on any atom is -0.377 e. The number of hydrogen-bond donors (Lipinski definition) is 2. The summed E-state index contributed by atoms with van der Waals surface area (Å²) >= 11 is 0. The first-order valence-corrected chi connectivity index (χ1v) is 6.22. The van der Waals surface area contributed by atoms with Crippen molar-refractivity contribution in [3.63, 3.8) is 0 Å². The molecule has 0 aromatic heterocycles. The summed E-state index contributed by atoms with van der Waals surface area (Å²) in [5, 5.41) is 2.35. The molecule has 0 unspecified atom stereocenters. The third-order valence-corrected chi connectivity index (χ3v) is 3.06. The van der Waals surface area contributed by atoms with Gasteiger partial charge in [-0.1, -0.05) is 29.8 Å². The van der Waals surface area contributed by atoms with Crippen LogP contribution >= 0.6 is 0 Å². The summed E-state index contributed by atoms with van der Waals surface area (Å²) < 4.78 is 4.96. The van der Waals surface area contributed by atoms with Gasteiger partial charge in [-0.3, -0.25) is 14.9 Å². The van der Waals surface area contributed by atoms with Crippen LogP contribution in [0.5, 0.6) is 0 Å². The number of benzene rings is 1. The summed E-state index contributed by atoms with van der Waals surface area (Å²) in [4.78, 5) is 23.3. The molecule has 102 valence electrons. The molecule has 0 saturated carbocycles. The van der Waals surface area contributed by atoms with Crippen molar-refractivity contribution < 1.29 is 14.3 Å². The highest BCUT2D eigenvalue weighted by Crippen LogP contribution is 2.17. The van der Waals surface area contributed by atoms with E-state index in [4.69, 9.17) is 10.5 Å². The lowest BCUT2D eigenvalue weighted by atomic mass is 9.94. The van der Waals surface area contributed by atoms with Crippen molar-refractivity contribution in [1.29, 1.82) is 0 Å². The van der Waals surface area contributed by atoms with Gasteiger partial charge in [0, 0.05) is 6.42 Å². The normalized spacial score (nSPS) is 16.5. The standard InChI is InChI=1S/C14H18N2O3/c1-10-2-4-11(5-3-10)6-12(17)16-13(18)7-14(15)8-19-9-14/h2-5H,6-9,15H2,1H3,(H,16,17,18). The Kier molecular flexibility index (Phi) is 3.97. The number of ether oxygens (including phenoxy) is 1. The summed E-state index contributed by atoms with van der Waals surface area (Å²) in [6.45, 7) is 2.72. The van der Waals surface area contributed by atoms with Crippen LogP contribution < -0.4 is 11.1 Å². The van der Waals surface area contributed by atoms with Crippen molar-refractivity contribution in [3.8, 4) is 0 Å². The van der Waals surface area contributed by atoms with E-state index in [1.54, 1.807) is 0 Å². The Bertz CT molecular complexity index is 478. The Labute approximate surface area is 112 Å². The number of aryl methyl sites for hydroxylation is 1. The number of nitrogens with two attached hydrogens (primary N) is 1. The van der Waals surface area contributed by atoms with Gasteiger partial charge in [0.1, 0.15) is 0 Å². The van der Waals surface area contributed by atoms with E-state index in [0.29, 0.717) is 13.2 Å². The van der Waals surface area contributed by atoms with Gasteiger partial charge in [0.15, 0.2) is 0 Å². The van der Waals surface area contributed by atoms with Gasteiger partial charge in [0.05, 0.1) is 25.2 Å². The topological polar surface area (TPSA) is 81.4 Å². The lowest BCUT2D eigenvalue weighted by Gasteiger charge is -2.36. The maximum atomic E-state index is 11.7. The zero-order valence-corrected chi connectivity index (χ0v) is 10.9. The van der Waals surface area contributed by atoms with Crippen LogP contribution in [0.4, 0.5) is 0 Å². The molecular weight excluding hydrogens is 244 g/mol. The van der Waals surface area contributed by atoms with Crippen molar-refractivity contribution in [3.05, 3.63) is 35.4 Å². The molecule has 3 N–H and O–H groups in total. The summed E-state index contributed by atoms with van der Waals surface area (Å²) in [5.41, 5.74) is 7.26. The van der Waals surface area contributed by atoms with Crippen molar-refractivity contribution in [1.82, 2.24) is 5.32 Å². The highest BCUT2D eigenvalue weighted by Gasteiger charge is 2.36. The van der Waals surface area contributed by atoms with E-state index >= 15 is 0 Å². The molecule has 0 aliphatic carbocycles. The lowest BCUT2D eigenvalue weighted by Crippen LogP contribution is -2.59. The summed E-state index contributed by atoms with van der Waals surface area (Å²) in [6.07, 6.45) is 0.312. The quantitative estimate of drug-likeness (QED) is 0.817. The van der Waals surface area contributed by atoms with Crippen LogP contribution in [0.1, 0.15) is 17.5 Å². The van der Waals surface area contributed by atoms with E-state index in [1.165, 1.54) is 0 Å². The fraction of sp³-hybridized carbons (Fsp3) is 0.429. The number of amides is 2. The zero-order chi connectivity index (χ0) is 13.9. The van der Waals surface area contributed by atoms with Crippen LogP contribution in [0.3, 0.4) is 0 Å². The van der Waals surface area contributed by atoms with Gasteiger partial charge in [-0.25, -0.2) is 0 Å². The van der Waals surface area contributed by atoms with E-state index in [2.05, 4.69) is 5.32 Å². The molecule has 0 radical (unpaired) electrons. The molecule has 1 aromatic rings. The van der Waals surface area contributed by atoms with Crippen molar-refractivity contribution >= 4 is 11.8 Å². The SMILES string of the molecule is Cc1ccc(CC(=O)NC(=O)CC2(N)COC2)cc1. The van der Waals surface area contributed by atoms with Crippen LogP contribution in [-0.4, -0.2) is 30.6 Å². The average molecular weight is 262 g/mol. The summed E-state index contributed by atoms with van der Waals surface area (Å²) in [6, 6.07) is 7.63. The van der Waals surface area contributed by atoms with Gasteiger partial charge in [0.25, 0.3) is 0 Å². The average Bonchev–Trinajstić information content (AvgIpc) is 2.30. The molecule has 0 bridgehead atoms. The molecule has 1 heterocycles. The second-order valence-corrected chi connectivity index (χ2v) is 5.17. The Morgan fingerprint density at radius 2 is 1.89 bits per heavy atom. The number of carbonyl (C=O) groups excluding carboxylic acids is 2. The predicted octanol–water partition coefficient (Wildman–Crippen LogP) is 0.298. The van der Waals surface area contributed by atoms with Gasteiger partial charge in [-0.05, 0) is 12.5 Å². The predicted molar refractivity (Wildman–Crippen MR) is 70.4 cm³/mol. The molecule has 1 aliphatic rings. The second kappa shape index (κ2) is 5.50. The van der Waals surface area contributed by atoms with E-state index < -0.39 is 5.54 Å². The van der Waals surface area contributed by atoms with Crippen molar-refractivity contribution in [2.75, 3.05) is 13.2 Å². The third-order valence-electron chi connectivity index (χ3n) is 3.06. The van der Waals surface area contributed by atoms with E-state index in [-0.39, 0.29) is 24.7 Å². The van der Waals surface area contributed by atoms with Gasteiger partial charge in [-0.2, -0.15) is 0 Å². The molecule has 1 saturated heterocycles. The number of imide groups is 1. The smallest absolute Gasteiger partial charge is 0.230 e. The van der Waals surface area contributed by atoms with Crippen LogP contribution in [0, 0.1) is 6.92 Å². The molecule has 1 aliphatic heterocycles. The highest BCUT2D eigenvalue weighted by molar-refractivity contribution is 5.96. The first-order valence-electron chi connectivity index (χ1n) is 6.22. The number of hydrogen-bond acceptors (Lipinski definition) is 4. The molecule has 5 nitrogen and oxygen atoms in total. The third kappa shape index (κ3) is 3.87. The highest BCUT2D eigenvalue weighted by atomic mass is 16.5. The summed E-state index contributed by atoms with van der Waals surface area (Å²) in [7, 11) is 0. The van der Waals surface area contributed by atoms with Gasteiger partial charge in [0.2, 0.25) is 11.8 Å². The fourth-order valence-corrected chi connectivity index (χ4v) is 1.92. The van der Waals surface area contributed by atoms with Gasteiger partial charge in [-0.15, -0.1) is 0 Å². The maximum absolute atomic E-state index is 11.7.